The van der Waals surface area contributed by atoms with Gasteiger partial charge < -0.3 is 4.74 Å². The first-order chi connectivity index (χ1) is 13.3. The predicted octanol–water partition coefficient (Wildman–Crippen LogP) is 5.23. The molecule has 0 atom stereocenters. The molecule has 0 radical (unpaired) electrons. The Labute approximate surface area is 161 Å². The number of carbonyl (C=O) groups is 1. The number of rotatable bonds is 5. The number of nitrogens with zero attached hydrogens (tertiary/aromatic N) is 2. The average molecular weight is 372 g/mol. The standard InChI is InChI=1S/C22H16N2O2S/c25-22(20-13-18(11-12-23-20)16-7-3-1-4-8-16)26-14-19-15-27-21(24-19)17-9-5-2-6-10-17/h1-13,15H,14H2. The third-order valence-electron chi connectivity index (χ3n) is 4.00. The first-order valence-corrected chi connectivity index (χ1v) is 9.36. The molecule has 0 N–H and O–H groups in total. The third kappa shape index (κ3) is 4.10. The van der Waals surface area contributed by atoms with Gasteiger partial charge >= 0.3 is 5.97 Å². The predicted molar refractivity (Wildman–Crippen MR) is 106 cm³/mol. The van der Waals surface area contributed by atoms with Gasteiger partial charge in [0.15, 0.2) is 0 Å². The SMILES string of the molecule is O=C(OCc1csc(-c2ccccc2)n1)c1cc(-c2ccccc2)ccn1. The summed E-state index contributed by atoms with van der Waals surface area (Å²) in [6, 6.07) is 23.4. The second-order valence-electron chi connectivity index (χ2n) is 5.88. The van der Waals surface area contributed by atoms with Crippen LogP contribution in [0, 0.1) is 0 Å². The van der Waals surface area contributed by atoms with E-state index < -0.39 is 5.97 Å². The number of ether oxygens (including phenoxy) is 1. The van der Waals surface area contributed by atoms with Crippen LogP contribution < -0.4 is 0 Å². The van der Waals surface area contributed by atoms with Gasteiger partial charge in [-0.25, -0.2) is 14.8 Å². The van der Waals surface area contributed by atoms with Crippen LogP contribution in [-0.4, -0.2) is 15.9 Å². The Bertz CT molecular complexity index is 1050. The molecule has 0 aliphatic carbocycles. The van der Waals surface area contributed by atoms with Crippen LogP contribution in [0.1, 0.15) is 16.2 Å². The molecule has 2 aromatic carbocycles. The van der Waals surface area contributed by atoms with E-state index in [9.17, 15) is 4.79 Å². The van der Waals surface area contributed by atoms with Gasteiger partial charge in [0.25, 0.3) is 0 Å². The van der Waals surface area contributed by atoms with Crippen LogP contribution in [0.25, 0.3) is 21.7 Å². The molecule has 0 amide bonds. The van der Waals surface area contributed by atoms with E-state index in [0.29, 0.717) is 0 Å². The number of pyridine rings is 1. The second-order valence-corrected chi connectivity index (χ2v) is 6.74. The zero-order valence-electron chi connectivity index (χ0n) is 14.4. The van der Waals surface area contributed by atoms with Crippen LogP contribution >= 0.6 is 11.3 Å². The van der Waals surface area contributed by atoms with Gasteiger partial charge in [0.1, 0.15) is 17.3 Å². The number of benzene rings is 2. The van der Waals surface area contributed by atoms with E-state index in [4.69, 9.17) is 4.74 Å². The summed E-state index contributed by atoms with van der Waals surface area (Å²) in [6.07, 6.45) is 1.62. The maximum absolute atomic E-state index is 12.4. The number of thiazole rings is 1. The number of hydrogen-bond donors (Lipinski definition) is 0. The lowest BCUT2D eigenvalue weighted by Crippen LogP contribution is -2.07. The van der Waals surface area contributed by atoms with Crippen molar-refractivity contribution in [3.8, 4) is 21.7 Å². The maximum atomic E-state index is 12.4. The van der Waals surface area contributed by atoms with Crippen molar-refractivity contribution in [2.75, 3.05) is 0 Å². The van der Waals surface area contributed by atoms with Crippen molar-refractivity contribution in [3.63, 3.8) is 0 Å². The van der Waals surface area contributed by atoms with E-state index in [-0.39, 0.29) is 12.3 Å². The van der Waals surface area contributed by atoms with E-state index >= 15 is 0 Å². The Morgan fingerprint density at radius 3 is 2.33 bits per heavy atom. The summed E-state index contributed by atoms with van der Waals surface area (Å²) in [5.41, 5.74) is 4.03. The van der Waals surface area contributed by atoms with Crippen molar-refractivity contribution < 1.29 is 9.53 Å². The minimum absolute atomic E-state index is 0.124. The van der Waals surface area contributed by atoms with Gasteiger partial charge in [-0.3, -0.25) is 0 Å². The summed E-state index contributed by atoms with van der Waals surface area (Å²) in [4.78, 5) is 21.0. The third-order valence-corrected chi connectivity index (χ3v) is 4.94. The monoisotopic (exact) mass is 372 g/mol. The molecule has 2 heterocycles. The fourth-order valence-corrected chi connectivity index (χ4v) is 3.46. The molecule has 132 valence electrons. The summed E-state index contributed by atoms with van der Waals surface area (Å²) >= 11 is 1.53. The van der Waals surface area contributed by atoms with Crippen molar-refractivity contribution in [3.05, 3.63) is 95.8 Å². The van der Waals surface area contributed by atoms with Crippen molar-refractivity contribution >= 4 is 17.3 Å². The van der Waals surface area contributed by atoms with Crippen molar-refractivity contribution in [1.29, 1.82) is 0 Å². The average Bonchev–Trinajstić information content (AvgIpc) is 3.22. The van der Waals surface area contributed by atoms with Gasteiger partial charge in [-0.2, -0.15) is 0 Å². The molecule has 0 spiro atoms. The second kappa shape index (κ2) is 7.93. The first kappa shape index (κ1) is 17.1. The molecule has 0 unspecified atom stereocenters. The molecule has 0 aliphatic rings. The smallest absolute Gasteiger partial charge is 0.357 e. The molecule has 4 aromatic rings. The summed E-state index contributed by atoms with van der Waals surface area (Å²) < 4.78 is 5.40. The fourth-order valence-electron chi connectivity index (χ4n) is 2.65. The topological polar surface area (TPSA) is 52.1 Å². The molecule has 0 saturated carbocycles. The van der Waals surface area contributed by atoms with E-state index in [0.717, 1.165) is 27.4 Å². The van der Waals surface area contributed by atoms with Crippen LogP contribution in [0.5, 0.6) is 0 Å². The molecule has 0 bridgehead atoms. The van der Waals surface area contributed by atoms with Crippen LogP contribution in [-0.2, 0) is 11.3 Å². The molecule has 0 saturated heterocycles. The van der Waals surface area contributed by atoms with Gasteiger partial charge in [0, 0.05) is 17.1 Å². The molecule has 4 nitrogen and oxygen atoms in total. The Morgan fingerprint density at radius 1 is 0.889 bits per heavy atom. The lowest BCUT2D eigenvalue weighted by atomic mass is 10.1. The minimum Gasteiger partial charge on any atom is -0.454 e. The van der Waals surface area contributed by atoms with Gasteiger partial charge in [0.2, 0.25) is 0 Å². The molecule has 4 rings (SSSR count). The zero-order chi connectivity index (χ0) is 18.5. The molecular formula is C22H16N2O2S. The number of hydrogen-bond acceptors (Lipinski definition) is 5. The maximum Gasteiger partial charge on any atom is 0.357 e. The van der Waals surface area contributed by atoms with Crippen molar-refractivity contribution in [2.45, 2.75) is 6.61 Å². The van der Waals surface area contributed by atoms with Gasteiger partial charge in [-0.15, -0.1) is 11.3 Å². The lowest BCUT2D eigenvalue weighted by Gasteiger charge is -2.05. The molecule has 5 heteroatoms. The molecule has 0 aliphatic heterocycles. The molecular weight excluding hydrogens is 356 g/mol. The molecule has 0 fully saturated rings. The minimum atomic E-state index is -0.456. The summed E-state index contributed by atoms with van der Waals surface area (Å²) in [5, 5.41) is 2.81. The zero-order valence-corrected chi connectivity index (χ0v) is 15.2. The van der Waals surface area contributed by atoms with Crippen molar-refractivity contribution in [2.24, 2.45) is 0 Å². The van der Waals surface area contributed by atoms with Crippen LogP contribution in [0.3, 0.4) is 0 Å². The Morgan fingerprint density at radius 2 is 1.59 bits per heavy atom. The quantitative estimate of drug-likeness (QED) is 0.450. The van der Waals surface area contributed by atoms with E-state index in [2.05, 4.69) is 9.97 Å². The Hall–Kier alpha value is -3.31. The largest absolute Gasteiger partial charge is 0.454 e. The normalized spacial score (nSPS) is 10.5. The highest BCUT2D eigenvalue weighted by Gasteiger charge is 2.12. The number of carbonyl (C=O) groups excluding carboxylic acids is 1. The van der Waals surface area contributed by atoms with Gasteiger partial charge in [-0.05, 0) is 23.3 Å². The van der Waals surface area contributed by atoms with Gasteiger partial charge in [-0.1, -0.05) is 60.7 Å². The lowest BCUT2D eigenvalue weighted by molar-refractivity contribution is 0.0461. The highest BCUT2D eigenvalue weighted by molar-refractivity contribution is 7.13. The Kier molecular flexibility index (Phi) is 5.03. The number of aromatic nitrogens is 2. The fraction of sp³-hybridized carbons (Fsp3) is 0.0455. The molecule has 2 aromatic heterocycles. The van der Waals surface area contributed by atoms with Crippen LogP contribution in [0.15, 0.2) is 84.4 Å². The van der Waals surface area contributed by atoms with E-state index in [1.54, 1.807) is 12.3 Å². The highest BCUT2D eigenvalue weighted by atomic mass is 32.1. The summed E-state index contributed by atoms with van der Waals surface area (Å²) in [5.74, 6) is -0.456. The first-order valence-electron chi connectivity index (χ1n) is 8.48. The van der Waals surface area contributed by atoms with Crippen LogP contribution in [0.4, 0.5) is 0 Å². The summed E-state index contributed by atoms with van der Waals surface area (Å²) in [7, 11) is 0. The summed E-state index contributed by atoms with van der Waals surface area (Å²) in [6.45, 7) is 0.124. The number of esters is 1. The van der Waals surface area contributed by atoms with E-state index in [1.807, 2.05) is 72.1 Å². The van der Waals surface area contributed by atoms with Crippen LogP contribution in [0.2, 0.25) is 0 Å². The van der Waals surface area contributed by atoms with E-state index in [1.165, 1.54) is 11.3 Å². The molecule has 27 heavy (non-hydrogen) atoms. The van der Waals surface area contributed by atoms with Crippen molar-refractivity contribution in [1.82, 2.24) is 9.97 Å². The highest BCUT2D eigenvalue weighted by Crippen LogP contribution is 2.24. The van der Waals surface area contributed by atoms with Gasteiger partial charge in [0.05, 0.1) is 5.69 Å². The Balaban J connectivity index is 1.44.